The molecule has 2 aliphatic carbocycles. The fraction of sp³-hybridized carbons (Fsp3) is 0.391. The van der Waals surface area contributed by atoms with E-state index in [4.69, 9.17) is 0 Å². The van der Waals surface area contributed by atoms with Gasteiger partial charge in [0.15, 0.2) is 5.82 Å². The van der Waals surface area contributed by atoms with Crippen LogP contribution in [-0.2, 0) is 11.7 Å². The predicted octanol–water partition coefficient (Wildman–Crippen LogP) is 5.26. The third-order valence-electron chi connectivity index (χ3n) is 6.02. The Morgan fingerprint density at radius 2 is 1.62 bits per heavy atom. The minimum absolute atomic E-state index is 0.0527. The molecule has 0 amide bonds. The maximum absolute atomic E-state index is 13.2. The molecule has 2 N–H and O–H groups in total. The lowest BCUT2D eigenvalue weighted by molar-refractivity contribution is -0.141. The number of anilines is 2. The van der Waals surface area contributed by atoms with E-state index in [0.29, 0.717) is 17.8 Å². The number of hydrogen-bond acceptors (Lipinski definition) is 6. The average Bonchev–Trinajstić information content (AvgIpc) is 3.69. The zero-order chi connectivity index (χ0) is 22.3. The van der Waals surface area contributed by atoms with Crippen LogP contribution in [-0.4, -0.2) is 26.0 Å². The van der Waals surface area contributed by atoms with Crippen LogP contribution in [0.25, 0.3) is 11.5 Å². The van der Waals surface area contributed by atoms with Gasteiger partial charge in [0.25, 0.3) is 0 Å². The van der Waals surface area contributed by atoms with Crippen molar-refractivity contribution in [3.8, 4) is 11.5 Å². The normalized spacial score (nSPS) is 18.1. The Morgan fingerprint density at radius 3 is 2.28 bits per heavy atom. The van der Waals surface area contributed by atoms with Gasteiger partial charge >= 0.3 is 6.18 Å². The summed E-state index contributed by atoms with van der Waals surface area (Å²) in [6, 6.07) is 13.9. The van der Waals surface area contributed by atoms with Crippen LogP contribution in [0.1, 0.15) is 43.9 Å². The zero-order valence-corrected chi connectivity index (χ0v) is 17.5. The first-order valence-corrected chi connectivity index (χ1v) is 10.7. The second-order valence-electron chi connectivity index (χ2n) is 8.56. The Morgan fingerprint density at radius 1 is 0.906 bits per heavy atom. The summed E-state index contributed by atoms with van der Waals surface area (Å²) in [5.74, 6) is 1.31. The maximum atomic E-state index is 13.2. The van der Waals surface area contributed by atoms with Crippen molar-refractivity contribution < 1.29 is 13.2 Å². The molecule has 3 aromatic rings. The first-order valence-electron chi connectivity index (χ1n) is 10.7. The van der Waals surface area contributed by atoms with Crippen LogP contribution in [0.5, 0.6) is 0 Å². The van der Waals surface area contributed by atoms with Gasteiger partial charge in [0, 0.05) is 6.04 Å². The number of benzene rings is 1. The van der Waals surface area contributed by atoms with Gasteiger partial charge in [-0.15, -0.1) is 0 Å². The van der Waals surface area contributed by atoms with Crippen molar-refractivity contribution in [2.45, 2.75) is 50.4 Å². The lowest BCUT2D eigenvalue weighted by Crippen LogP contribution is -2.23. The van der Waals surface area contributed by atoms with Crippen molar-refractivity contribution in [1.29, 1.82) is 0 Å². The van der Waals surface area contributed by atoms with Crippen molar-refractivity contribution in [2.75, 3.05) is 10.6 Å². The van der Waals surface area contributed by atoms with E-state index in [1.807, 2.05) is 30.3 Å². The lowest BCUT2D eigenvalue weighted by Gasteiger charge is -2.20. The number of pyridine rings is 1. The average molecular weight is 440 g/mol. The molecule has 1 atom stereocenters. The first kappa shape index (κ1) is 20.7. The molecule has 0 saturated heterocycles. The number of halogens is 3. The Hall–Kier alpha value is -3.23. The van der Waals surface area contributed by atoms with Gasteiger partial charge in [-0.2, -0.15) is 28.1 Å². The summed E-state index contributed by atoms with van der Waals surface area (Å²) in [6.07, 6.45) is -0.424. The highest BCUT2D eigenvalue weighted by atomic mass is 19.4. The highest BCUT2D eigenvalue weighted by Crippen LogP contribution is 2.47. The van der Waals surface area contributed by atoms with Gasteiger partial charge in [-0.05, 0) is 56.2 Å². The molecule has 0 aliphatic heterocycles. The van der Waals surface area contributed by atoms with Crippen LogP contribution in [0.2, 0.25) is 0 Å². The molecule has 166 valence electrons. The van der Waals surface area contributed by atoms with E-state index >= 15 is 0 Å². The van der Waals surface area contributed by atoms with Gasteiger partial charge in [-0.1, -0.05) is 36.4 Å². The number of nitrogens with one attached hydrogen (secondary N) is 2. The largest absolute Gasteiger partial charge is 0.433 e. The molecule has 2 saturated carbocycles. The van der Waals surface area contributed by atoms with Crippen molar-refractivity contribution in [1.82, 2.24) is 19.9 Å². The summed E-state index contributed by atoms with van der Waals surface area (Å²) in [4.78, 5) is 17.1. The van der Waals surface area contributed by atoms with Crippen LogP contribution in [0.15, 0.2) is 48.5 Å². The SMILES string of the molecule is CC(Nc1nc(NC2(c3ccccc3)CC2)nc(-c2cccc(C(F)(F)F)n2)n1)C1CC1. The van der Waals surface area contributed by atoms with Crippen LogP contribution in [0, 0.1) is 5.92 Å². The van der Waals surface area contributed by atoms with Crippen molar-refractivity contribution in [2.24, 2.45) is 5.92 Å². The lowest BCUT2D eigenvalue weighted by atomic mass is 10.1. The van der Waals surface area contributed by atoms with Crippen LogP contribution in [0.4, 0.5) is 25.1 Å². The Bertz CT molecular complexity index is 1110. The summed E-state index contributed by atoms with van der Waals surface area (Å²) in [5, 5.41) is 6.70. The fourth-order valence-electron chi connectivity index (χ4n) is 3.83. The van der Waals surface area contributed by atoms with Gasteiger partial charge in [0.2, 0.25) is 11.9 Å². The van der Waals surface area contributed by atoms with E-state index in [2.05, 4.69) is 37.5 Å². The fourth-order valence-corrected chi connectivity index (χ4v) is 3.83. The summed E-state index contributed by atoms with van der Waals surface area (Å²) in [6.45, 7) is 2.06. The molecule has 9 heteroatoms. The minimum atomic E-state index is -4.54. The Labute approximate surface area is 183 Å². The van der Waals surface area contributed by atoms with E-state index in [-0.39, 0.29) is 23.1 Å². The highest BCUT2D eigenvalue weighted by Gasteiger charge is 2.45. The number of rotatable bonds is 7. The molecule has 2 fully saturated rings. The molecule has 2 heterocycles. The zero-order valence-electron chi connectivity index (χ0n) is 17.5. The molecule has 0 radical (unpaired) electrons. The van der Waals surface area contributed by atoms with Crippen molar-refractivity contribution in [3.63, 3.8) is 0 Å². The molecule has 5 rings (SSSR count). The molecule has 0 bridgehead atoms. The van der Waals surface area contributed by atoms with E-state index in [1.165, 1.54) is 12.1 Å². The van der Waals surface area contributed by atoms with Crippen molar-refractivity contribution in [3.05, 3.63) is 59.8 Å². The van der Waals surface area contributed by atoms with Gasteiger partial charge in [-0.3, -0.25) is 0 Å². The molecule has 6 nitrogen and oxygen atoms in total. The van der Waals surface area contributed by atoms with Crippen LogP contribution < -0.4 is 10.6 Å². The van der Waals surface area contributed by atoms with E-state index in [9.17, 15) is 13.2 Å². The molecule has 1 unspecified atom stereocenters. The number of nitrogens with zero attached hydrogens (tertiary/aromatic N) is 4. The Balaban J connectivity index is 1.51. The molecular weight excluding hydrogens is 417 g/mol. The molecule has 1 aromatic carbocycles. The Kier molecular flexibility index (Phi) is 4.98. The summed E-state index contributed by atoms with van der Waals surface area (Å²) in [5.41, 5.74) is -0.0776. The van der Waals surface area contributed by atoms with E-state index in [1.54, 1.807) is 0 Å². The monoisotopic (exact) mass is 440 g/mol. The number of hydrogen-bond donors (Lipinski definition) is 2. The maximum Gasteiger partial charge on any atom is 0.433 e. The highest BCUT2D eigenvalue weighted by molar-refractivity contribution is 5.55. The minimum Gasteiger partial charge on any atom is -0.351 e. The number of aromatic nitrogens is 4. The summed E-state index contributed by atoms with van der Waals surface area (Å²) in [7, 11) is 0. The molecule has 32 heavy (non-hydrogen) atoms. The standard InChI is InChI=1S/C23H23F3N6/c1-14(15-10-11-15)27-20-29-19(17-8-5-9-18(28-17)23(24,25)26)30-21(31-20)32-22(12-13-22)16-6-3-2-4-7-16/h2-9,14-15H,10-13H2,1H3,(H2,27,29,30,31,32). The second-order valence-corrected chi connectivity index (χ2v) is 8.56. The third kappa shape index (κ3) is 4.37. The number of alkyl halides is 3. The summed E-state index contributed by atoms with van der Waals surface area (Å²) >= 11 is 0. The molecular formula is C23H23F3N6. The van der Waals surface area contributed by atoms with Gasteiger partial charge in [0.1, 0.15) is 11.4 Å². The molecule has 0 spiro atoms. The van der Waals surface area contributed by atoms with E-state index < -0.39 is 11.9 Å². The van der Waals surface area contributed by atoms with Crippen molar-refractivity contribution >= 4 is 11.9 Å². The van der Waals surface area contributed by atoms with Crippen LogP contribution >= 0.6 is 0 Å². The van der Waals surface area contributed by atoms with Crippen LogP contribution in [0.3, 0.4) is 0 Å². The molecule has 2 aliphatic rings. The van der Waals surface area contributed by atoms with Gasteiger partial charge in [-0.25, -0.2) is 4.98 Å². The predicted molar refractivity (Wildman–Crippen MR) is 115 cm³/mol. The topological polar surface area (TPSA) is 75.6 Å². The second kappa shape index (κ2) is 7.72. The van der Waals surface area contributed by atoms with Gasteiger partial charge in [0.05, 0.1) is 5.54 Å². The molecule has 2 aromatic heterocycles. The summed E-state index contributed by atoms with van der Waals surface area (Å²) < 4.78 is 39.6. The smallest absolute Gasteiger partial charge is 0.351 e. The quantitative estimate of drug-likeness (QED) is 0.522. The van der Waals surface area contributed by atoms with Gasteiger partial charge < -0.3 is 10.6 Å². The van der Waals surface area contributed by atoms with E-state index in [0.717, 1.165) is 37.3 Å². The first-order chi connectivity index (χ1) is 15.3. The third-order valence-corrected chi connectivity index (χ3v) is 6.02.